The van der Waals surface area contributed by atoms with E-state index in [4.69, 9.17) is 0 Å². The lowest BCUT2D eigenvalue weighted by Crippen LogP contribution is -2.21. The zero-order valence-corrected chi connectivity index (χ0v) is 15.6. The lowest BCUT2D eigenvalue weighted by Gasteiger charge is -2.04. The molecule has 27 heavy (non-hydrogen) atoms. The third-order valence-corrected chi connectivity index (χ3v) is 4.66. The van der Waals surface area contributed by atoms with Crippen molar-refractivity contribution in [2.75, 3.05) is 5.32 Å². The minimum absolute atomic E-state index is 0.0503. The number of anilines is 1. The number of amides is 1. The monoisotopic (exact) mass is 442 g/mol. The minimum atomic E-state index is -2.75. The van der Waals surface area contributed by atoms with Crippen LogP contribution < -0.4 is 5.32 Å². The van der Waals surface area contributed by atoms with Crippen molar-refractivity contribution in [1.29, 1.82) is 0 Å². The number of aromatic nitrogens is 5. The molecule has 1 aromatic carbocycles. The summed E-state index contributed by atoms with van der Waals surface area (Å²) >= 11 is 3.05. The van der Waals surface area contributed by atoms with Crippen molar-refractivity contribution in [2.45, 2.75) is 26.4 Å². The van der Waals surface area contributed by atoms with E-state index in [1.54, 1.807) is 19.1 Å². The standard InChI is InChI=1S/C16H14BrF3N6O/c1-9-13(17)14(15(19)20)23-26(9)7-12(27)22-16-21-8-25(24-16)6-10-3-2-4-11(18)5-10/h2-5,8,15H,6-7H2,1H3,(H,22,24,27). The van der Waals surface area contributed by atoms with Gasteiger partial charge in [-0.2, -0.15) is 5.10 Å². The van der Waals surface area contributed by atoms with Crippen molar-refractivity contribution in [3.63, 3.8) is 0 Å². The van der Waals surface area contributed by atoms with Gasteiger partial charge in [0.1, 0.15) is 24.4 Å². The Labute approximate surface area is 160 Å². The summed E-state index contributed by atoms with van der Waals surface area (Å²) in [7, 11) is 0. The smallest absolute Gasteiger partial charge is 0.283 e. The van der Waals surface area contributed by atoms with Gasteiger partial charge in [-0.15, -0.1) is 5.10 Å². The van der Waals surface area contributed by atoms with Gasteiger partial charge in [0.15, 0.2) is 0 Å². The molecule has 11 heteroatoms. The maximum Gasteiger partial charge on any atom is 0.283 e. The van der Waals surface area contributed by atoms with Crippen LogP contribution in [0.4, 0.5) is 19.1 Å². The molecule has 0 bridgehead atoms. The number of alkyl halides is 2. The fourth-order valence-electron chi connectivity index (χ4n) is 2.39. The van der Waals surface area contributed by atoms with Gasteiger partial charge >= 0.3 is 0 Å². The summed E-state index contributed by atoms with van der Waals surface area (Å²) in [5.74, 6) is -0.822. The van der Waals surface area contributed by atoms with Crippen LogP contribution in [0.15, 0.2) is 35.1 Å². The Kier molecular flexibility index (Phi) is 5.59. The van der Waals surface area contributed by atoms with E-state index in [9.17, 15) is 18.0 Å². The number of nitrogens with zero attached hydrogens (tertiary/aromatic N) is 5. The van der Waals surface area contributed by atoms with Gasteiger partial charge in [0.05, 0.1) is 16.7 Å². The lowest BCUT2D eigenvalue weighted by molar-refractivity contribution is -0.117. The van der Waals surface area contributed by atoms with Crippen LogP contribution in [0, 0.1) is 12.7 Å². The van der Waals surface area contributed by atoms with E-state index in [0.29, 0.717) is 11.3 Å². The lowest BCUT2D eigenvalue weighted by atomic mass is 10.2. The summed E-state index contributed by atoms with van der Waals surface area (Å²) in [6, 6.07) is 6.04. The Morgan fingerprint density at radius 3 is 2.78 bits per heavy atom. The van der Waals surface area contributed by atoms with E-state index in [-0.39, 0.29) is 29.3 Å². The van der Waals surface area contributed by atoms with Gasteiger partial charge in [-0.25, -0.2) is 22.8 Å². The van der Waals surface area contributed by atoms with Crippen molar-refractivity contribution in [3.8, 4) is 0 Å². The summed E-state index contributed by atoms with van der Waals surface area (Å²) < 4.78 is 41.7. The molecule has 2 heterocycles. The van der Waals surface area contributed by atoms with Crippen LogP contribution in [0.1, 0.15) is 23.4 Å². The third kappa shape index (κ3) is 4.54. The molecule has 3 aromatic rings. The maximum atomic E-state index is 13.2. The Hall–Kier alpha value is -2.69. The normalized spacial score (nSPS) is 11.2. The topological polar surface area (TPSA) is 77.6 Å². The molecule has 0 saturated heterocycles. The average Bonchev–Trinajstić information content (AvgIpc) is 3.14. The minimum Gasteiger partial charge on any atom is -0.292 e. The second-order valence-electron chi connectivity index (χ2n) is 5.69. The van der Waals surface area contributed by atoms with E-state index in [1.165, 1.54) is 27.8 Å². The van der Waals surface area contributed by atoms with Gasteiger partial charge in [-0.3, -0.25) is 14.8 Å². The largest absolute Gasteiger partial charge is 0.292 e. The highest BCUT2D eigenvalue weighted by atomic mass is 79.9. The molecule has 3 rings (SSSR count). The zero-order chi connectivity index (χ0) is 19.6. The number of carbonyl (C=O) groups excluding carboxylic acids is 1. The van der Waals surface area contributed by atoms with Crippen molar-refractivity contribution < 1.29 is 18.0 Å². The quantitative estimate of drug-likeness (QED) is 0.635. The van der Waals surface area contributed by atoms with E-state index >= 15 is 0 Å². The fourth-order valence-corrected chi connectivity index (χ4v) is 2.85. The highest BCUT2D eigenvalue weighted by Crippen LogP contribution is 2.28. The van der Waals surface area contributed by atoms with Gasteiger partial charge in [-0.1, -0.05) is 12.1 Å². The molecule has 7 nitrogen and oxygen atoms in total. The number of hydrogen-bond donors (Lipinski definition) is 1. The molecule has 0 aliphatic rings. The summed E-state index contributed by atoms with van der Waals surface area (Å²) in [5, 5.41) is 10.3. The molecule has 0 aliphatic heterocycles. The number of halogens is 4. The molecule has 0 atom stereocenters. The van der Waals surface area contributed by atoms with Crippen molar-refractivity contribution in [2.24, 2.45) is 0 Å². The van der Waals surface area contributed by atoms with E-state index in [2.05, 4.69) is 36.4 Å². The molecular weight excluding hydrogens is 429 g/mol. The average molecular weight is 443 g/mol. The van der Waals surface area contributed by atoms with Gasteiger partial charge in [0.25, 0.3) is 6.43 Å². The Morgan fingerprint density at radius 1 is 1.33 bits per heavy atom. The number of rotatable bonds is 6. The van der Waals surface area contributed by atoms with Gasteiger partial charge in [0, 0.05) is 0 Å². The van der Waals surface area contributed by atoms with Gasteiger partial charge in [-0.05, 0) is 40.5 Å². The molecule has 0 saturated carbocycles. The molecule has 0 spiro atoms. The summed E-state index contributed by atoms with van der Waals surface area (Å²) in [4.78, 5) is 16.1. The summed E-state index contributed by atoms with van der Waals surface area (Å²) in [6.07, 6.45) is -1.35. The van der Waals surface area contributed by atoms with Crippen molar-refractivity contribution in [3.05, 3.63) is 57.8 Å². The molecule has 1 N–H and O–H groups in total. The SMILES string of the molecule is Cc1c(Br)c(C(F)F)nn1CC(=O)Nc1ncn(Cc2cccc(F)c2)n1. The second kappa shape index (κ2) is 7.91. The van der Waals surface area contributed by atoms with Gasteiger partial charge < -0.3 is 0 Å². The maximum absolute atomic E-state index is 13.2. The first-order valence-electron chi connectivity index (χ1n) is 7.78. The molecule has 0 radical (unpaired) electrons. The van der Waals surface area contributed by atoms with Crippen molar-refractivity contribution >= 4 is 27.8 Å². The molecule has 0 unspecified atom stereocenters. The first kappa shape index (κ1) is 19.1. The number of hydrogen-bond acceptors (Lipinski definition) is 4. The van der Waals surface area contributed by atoms with Crippen LogP contribution in [0.25, 0.3) is 0 Å². The second-order valence-corrected chi connectivity index (χ2v) is 6.48. The Balaban J connectivity index is 1.64. The number of benzene rings is 1. The van der Waals surface area contributed by atoms with Crippen LogP contribution in [0.3, 0.4) is 0 Å². The van der Waals surface area contributed by atoms with Crippen LogP contribution in [-0.4, -0.2) is 30.5 Å². The molecular formula is C16H14BrF3N6O. The molecule has 0 fully saturated rings. The van der Waals surface area contributed by atoms with E-state index < -0.39 is 18.0 Å². The van der Waals surface area contributed by atoms with Crippen LogP contribution in [0.2, 0.25) is 0 Å². The first-order chi connectivity index (χ1) is 12.8. The van der Waals surface area contributed by atoms with Crippen LogP contribution in [-0.2, 0) is 17.9 Å². The first-order valence-corrected chi connectivity index (χ1v) is 8.57. The Bertz CT molecular complexity index is 971. The molecule has 0 aliphatic carbocycles. The molecule has 2 aromatic heterocycles. The van der Waals surface area contributed by atoms with Crippen molar-refractivity contribution in [1.82, 2.24) is 24.5 Å². The summed E-state index contributed by atoms with van der Waals surface area (Å²) in [6.45, 7) is 1.58. The van der Waals surface area contributed by atoms with E-state index in [0.717, 1.165) is 0 Å². The third-order valence-electron chi connectivity index (χ3n) is 3.68. The predicted octanol–water partition coefficient (Wildman–Crippen LogP) is 3.31. The molecule has 1 amide bonds. The number of carbonyl (C=O) groups is 1. The van der Waals surface area contributed by atoms with Gasteiger partial charge in [0.2, 0.25) is 11.9 Å². The highest BCUT2D eigenvalue weighted by molar-refractivity contribution is 9.10. The predicted molar refractivity (Wildman–Crippen MR) is 93.8 cm³/mol. The summed E-state index contributed by atoms with van der Waals surface area (Å²) in [5.41, 5.74) is 0.678. The van der Waals surface area contributed by atoms with Crippen LogP contribution in [0.5, 0.6) is 0 Å². The Morgan fingerprint density at radius 2 is 2.11 bits per heavy atom. The highest BCUT2D eigenvalue weighted by Gasteiger charge is 2.21. The molecule has 142 valence electrons. The zero-order valence-electron chi connectivity index (χ0n) is 14.0. The van der Waals surface area contributed by atoms with Crippen LogP contribution >= 0.6 is 15.9 Å². The number of nitrogens with one attached hydrogen (secondary N) is 1. The van der Waals surface area contributed by atoms with E-state index in [1.807, 2.05) is 0 Å². The fraction of sp³-hybridized carbons (Fsp3) is 0.250.